The highest BCUT2D eigenvalue weighted by atomic mass is 16.1. The van der Waals surface area contributed by atoms with Gasteiger partial charge in [0, 0.05) is 6.42 Å². The zero-order valence-electron chi connectivity index (χ0n) is 6.86. The maximum absolute atomic E-state index is 9.40. The summed E-state index contributed by atoms with van der Waals surface area (Å²) in [5, 5.41) is 0. The fourth-order valence-corrected chi connectivity index (χ4v) is 0.503. The second-order valence-electron chi connectivity index (χ2n) is 2.11. The van der Waals surface area contributed by atoms with Crippen molar-refractivity contribution in [1.29, 1.82) is 0 Å². The van der Waals surface area contributed by atoms with Gasteiger partial charge >= 0.3 is 0 Å². The second-order valence-corrected chi connectivity index (χ2v) is 2.11. The van der Waals surface area contributed by atoms with Crippen LogP contribution >= 0.6 is 0 Å². The van der Waals surface area contributed by atoms with Gasteiger partial charge in [-0.2, -0.15) is 0 Å². The number of aldehydes is 1. The first kappa shape index (κ1) is 9.89. The highest BCUT2D eigenvalue weighted by Crippen LogP contribution is 1.79. The first-order valence-corrected chi connectivity index (χ1v) is 3.85. The molecule has 1 nitrogen and oxygen atoms in total. The number of hydrogen-bond acceptors (Lipinski definition) is 1. The molecule has 0 amide bonds. The zero-order chi connectivity index (χ0) is 8.36. The summed E-state index contributed by atoms with van der Waals surface area (Å²) in [4.78, 5) is 9.40. The van der Waals surface area contributed by atoms with E-state index in [1.165, 1.54) is 0 Å². The lowest BCUT2D eigenvalue weighted by Crippen LogP contribution is -1.64. The number of carbonyl (C=O) groups is 1. The van der Waals surface area contributed by atoms with Gasteiger partial charge in [-0.05, 0) is 6.42 Å². The Kier molecular flexibility index (Phi) is 7.99. The van der Waals surface area contributed by atoms with Gasteiger partial charge in [0.05, 0.1) is 0 Å². The van der Waals surface area contributed by atoms with Crippen LogP contribution in [0, 0.1) is 0 Å². The van der Waals surface area contributed by atoms with Crippen LogP contribution in [-0.4, -0.2) is 6.29 Å². The van der Waals surface area contributed by atoms with Gasteiger partial charge in [0.25, 0.3) is 0 Å². The highest BCUT2D eigenvalue weighted by Gasteiger charge is 1.66. The standard InChI is InChI=1S/C6H6.C4H8O/c1-2-4-6-5-3-1;1-2-3-4-5/h1-6H;4H,2-3H2,1H3. The molecule has 0 saturated carbocycles. The van der Waals surface area contributed by atoms with Crippen LogP contribution in [0.25, 0.3) is 0 Å². The Morgan fingerprint density at radius 1 is 1.00 bits per heavy atom. The molecule has 0 saturated heterocycles. The summed E-state index contributed by atoms with van der Waals surface area (Å²) in [6, 6.07) is 12.0. The zero-order valence-corrected chi connectivity index (χ0v) is 6.86. The van der Waals surface area contributed by atoms with Crippen LogP contribution in [-0.2, 0) is 4.79 Å². The molecular weight excluding hydrogens is 136 g/mol. The molecule has 0 aliphatic heterocycles. The Balaban J connectivity index is 0.000000187. The van der Waals surface area contributed by atoms with E-state index in [1.807, 2.05) is 43.3 Å². The summed E-state index contributed by atoms with van der Waals surface area (Å²) >= 11 is 0. The van der Waals surface area contributed by atoms with E-state index in [0.29, 0.717) is 6.42 Å². The molecule has 0 heterocycles. The maximum Gasteiger partial charge on any atom is 0.119 e. The van der Waals surface area contributed by atoms with Crippen molar-refractivity contribution in [3.63, 3.8) is 0 Å². The first-order chi connectivity index (χ1) is 5.41. The van der Waals surface area contributed by atoms with E-state index in [0.717, 1.165) is 12.7 Å². The molecule has 0 N–H and O–H groups in total. The molecule has 0 aliphatic rings. The van der Waals surface area contributed by atoms with Crippen LogP contribution in [0.1, 0.15) is 19.8 Å². The van der Waals surface area contributed by atoms with Gasteiger partial charge in [-0.1, -0.05) is 43.3 Å². The highest BCUT2D eigenvalue weighted by molar-refractivity contribution is 5.48. The summed E-state index contributed by atoms with van der Waals surface area (Å²) in [5.41, 5.74) is 0. The number of unbranched alkanes of at least 4 members (excludes halogenated alkanes) is 1. The second kappa shape index (κ2) is 8.89. The van der Waals surface area contributed by atoms with Gasteiger partial charge in [-0.25, -0.2) is 0 Å². The number of carbonyl (C=O) groups excluding carboxylic acids is 1. The topological polar surface area (TPSA) is 17.1 Å². The van der Waals surface area contributed by atoms with E-state index in [9.17, 15) is 4.79 Å². The molecule has 1 aromatic rings. The SMILES string of the molecule is CCCC=O.c1ccccc1. The van der Waals surface area contributed by atoms with Gasteiger partial charge < -0.3 is 4.79 Å². The Hall–Kier alpha value is -1.11. The molecule has 0 aliphatic carbocycles. The van der Waals surface area contributed by atoms with Crippen molar-refractivity contribution in [2.24, 2.45) is 0 Å². The monoisotopic (exact) mass is 150 g/mol. The predicted molar refractivity (Wildman–Crippen MR) is 47.4 cm³/mol. The predicted octanol–water partition coefficient (Wildman–Crippen LogP) is 2.67. The van der Waals surface area contributed by atoms with Crippen molar-refractivity contribution in [2.45, 2.75) is 19.8 Å². The van der Waals surface area contributed by atoms with E-state index < -0.39 is 0 Å². The molecule has 0 atom stereocenters. The summed E-state index contributed by atoms with van der Waals surface area (Å²) in [7, 11) is 0. The molecule has 0 radical (unpaired) electrons. The maximum atomic E-state index is 9.40. The minimum atomic E-state index is 0.708. The Labute approximate surface area is 68.1 Å². The van der Waals surface area contributed by atoms with Crippen molar-refractivity contribution >= 4 is 6.29 Å². The Morgan fingerprint density at radius 2 is 1.36 bits per heavy atom. The van der Waals surface area contributed by atoms with Crippen molar-refractivity contribution in [3.05, 3.63) is 36.4 Å². The molecule has 0 unspecified atom stereocenters. The molecule has 60 valence electrons. The quantitative estimate of drug-likeness (QED) is 0.592. The van der Waals surface area contributed by atoms with E-state index in [1.54, 1.807) is 0 Å². The summed E-state index contributed by atoms with van der Waals surface area (Å²) < 4.78 is 0. The van der Waals surface area contributed by atoms with E-state index in [4.69, 9.17) is 0 Å². The van der Waals surface area contributed by atoms with Gasteiger partial charge in [0.15, 0.2) is 0 Å². The molecule has 0 fully saturated rings. The third-order valence-electron chi connectivity index (χ3n) is 1.07. The first-order valence-electron chi connectivity index (χ1n) is 3.85. The fraction of sp³-hybridized carbons (Fsp3) is 0.300. The molecular formula is C10H14O. The Bertz CT molecular complexity index is 131. The minimum absolute atomic E-state index is 0.708. The van der Waals surface area contributed by atoms with Crippen LogP contribution < -0.4 is 0 Å². The smallest absolute Gasteiger partial charge is 0.119 e. The van der Waals surface area contributed by atoms with Crippen molar-refractivity contribution in [1.82, 2.24) is 0 Å². The van der Waals surface area contributed by atoms with Crippen molar-refractivity contribution in [2.75, 3.05) is 0 Å². The fourth-order valence-electron chi connectivity index (χ4n) is 0.503. The van der Waals surface area contributed by atoms with E-state index >= 15 is 0 Å². The average molecular weight is 150 g/mol. The third-order valence-corrected chi connectivity index (χ3v) is 1.07. The number of rotatable bonds is 2. The van der Waals surface area contributed by atoms with Gasteiger partial charge in [-0.15, -0.1) is 0 Å². The van der Waals surface area contributed by atoms with Crippen molar-refractivity contribution < 1.29 is 4.79 Å². The molecule has 1 heteroatoms. The van der Waals surface area contributed by atoms with Crippen LogP contribution in [0.5, 0.6) is 0 Å². The van der Waals surface area contributed by atoms with Gasteiger partial charge in [-0.3, -0.25) is 0 Å². The lowest BCUT2D eigenvalue weighted by Gasteiger charge is -1.69. The minimum Gasteiger partial charge on any atom is -0.303 e. The van der Waals surface area contributed by atoms with Gasteiger partial charge in [0.1, 0.15) is 6.29 Å². The number of benzene rings is 1. The number of hydrogen-bond donors (Lipinski definition) is 0. The third kappa shape index (κ3) is 8.89. The van der Waals surface area contributed by atoms with Crippen LogP contribution in [0.3, 0.4) is 0 Å². The Morgan fingerprint density at radius 3 is 1.45 bits per heavy atom. The summed E-state index contributed by atoms with van der Waals surface area (Å²) in [5.74, 6) is 0. The normalized spacial score (nSPS) is 7.73. The largest absolute Gasteiger partial charge is 0.303 e. The average Bonchev–Trinajstić information content (AvgIpc) is 2.10. The van der Waals surface area contributed by atoms with Crippen LogP contribution in [0.2, 0.25) is 0 Å². The molecule has 1 rings (SSSR count). The van der Waals surface area contributed by atoms with Gasteiger partial charge in [0.2, 0.25) is 0 Å². The molecule has 11 heavy (non-hydrogen) atoms. The van der Waals surface area contributed by atoms with E-state index in [-0.39, 0.29) is 0 Å². The molecule has 0 aromatic heterocycles. The van der Waals surface area contributed by atoms with Crippen LogP contribution in [0.4, 0.5) is 0 Å². The lowest BCUT2D eigenvalue weighted by molar-refractivity contribution is -0.107. The van der Waals surface area contributed by atoms with Crippen molar-refractivity contribution in [3.8, 4) is 0 Å². The molecule has 1 aromatic carbocycles. The lowest BCUT2D eigenvalue weighted by atomic mass is 10.4. The summed E-state index contributed by atoms with van der Waals surface area (Å²) in [6.45, 7) is 1.98. The molecule has 0 bridgehead atoms. The van der Waals surface area contributed by atoms with E-state index in [2.05, 4.69) is 0 Å². The molecule has 0 spiro atoms. The summed E-state index contributed by atoms with van der Waals surface area (Å²) in [6.07, 6.45) is 2.61. The van der Waals surface area contributed by atoms with Crippen LogP contribution in [0.15, 0.2) is 36.4 Å².